The Morgan fingerprint density at radius 1 is 1.30 bits per heavy atom. The third-order valence-electron chi connectivity index (χ3n) is 5.64. The summed E-state index contributed by atoms with van der Waals surface area (Å²) in [4.78, 5) is 4.37. The Morgan fingerprint density at radius 3 is 2.77 bits per heavy atom. The molecule has 0 aliphatic heterocycles. The van der Waals surface area contributed by atoms with Crippen LogP contribution < -0.4 is 0 Å². The Morgan fingerprint density at radius 2 is 2.07 bits per heavy atom. The number of hydrogen-bond acceptors (Lipinski definition) is 4. The maximum atomic E-state index is 13.5. The van der Waals surface area contributed by atoms with E-state index in [1.165, 1.54) is 12.1 Å². The van der Waals surface area contributed by atoms with Gasteiger partial charge in [-0.2, -0.15) is 23.3 Å². The molecule has 0 radical (unpaired) electrons. The van der Waals surface area contributed by atoms with E-state index in [4.69, 9.17) is 4.52 Å². The number of fused-ring (bicyclic) bond motifs is 1. The van der Waals surface area contributed by atoms with Crippen LogP contribution in [0.2, 0.25) is 0 Å². The first kappa shape index (κ1) is 20.4. The quantitative estimate of drug-likeness (QED) is 0.535. The fourth-order valence-electron chi connectivity index (χ4n) is 4.01. The summed E-state index contributed by atoms with van der Waals surface area (Å²) in [5.74, 6) is 0.335. The number of allylic oxidation sites excluding steroid dienone is 1. The van der Waals surface area contributed by atoms with Crippen molar-refractivity contribution in [1.29, 1.82) is 0 Å². The van der Waals surface area contributed by atoms with Crippen molar-refractivity contribution in [3.8, 4) is 23.0 Å². The van der Waals surface area contributed by atoms with E-state index in [9.17, 15) is 13.2 Å². The van der Waals surface area contributed by atoms with Crippen LogP contribution in [-0.4, -0.2) is 19.9 Å². The molecule has 0 fully saturated rings. The normalized spacial score (nSPS) is 15.8. The summed E-state index contributed by atoms with van der Waals surface area (Å²) >= 11 is 0. The number of aryl methyl sites for hydroxylation is 1. The summed E-state index contributed by atoms with van der Waals surface area (Å²) in [5, 5.41) is 8.49. The Labute approximate surface area is 172 Å². The molecule has 2 heterocycles. The summed E-state index contributed by atoms with van der Waals surface area (Å²) in [6.45, 7) is 7.97. The van der Waals surface area contributed by atoms with Crippen LogP contribution >= 0.6 is 0 Å². The molecule has 0 bridgehead atoms. The number of alkyl halides is 3. The van der Waals surface area contributed by atoms with E-state index < -0.39 is 11.7 Å². The van der Waals surface area contributed by atoms with Gasteiger partial charge < -0.3 is 4.52 Å². The molecule has 158 valence electrons. The first-order valence-electron chi connectivity index (χ1n) is 9.79. The highest BCUT2D eigenvalue weighted by atomic mass is 19.4. The van der Waals surface area contributed by atoms with Gasteiger partial charge in [-0.25, -0.2) is 0 Å². The van der Waals surface area contributed by atoms with Gasteiger partial charge in [-0.3, -0.25) is 4.68 Å². The van der Waals surface area contributed by atoms with E-state index in [1.54, 1.807) is 6.07 Å². The maximum absolute atomic E-state index is 13.5. The summed E-state index contributed by atoms with van der Waals surface area (Å²) in [6.07, 6.45) is -0.150. The number of hydrogen-bond donors (Lipinski definition) is 0. The lowest BCUT2D eigenvalue weighted by Crippen LogP contribution is -2.23. The van der Waals surface area contributed by atoms with E-state index in [0.29, 0.717) is 5.69 Å². The number of aromatic nitrogens is 4. The van der Waals surface area contributed by atoms with Crippen LogP contribution in [-0.2, 0) is 32.5 Å². The molecule has 1 aromatic carbocycles. The van der Waals surface area contributed by atoms with Gasteiger partial charge in [-0.05, 0) is 42.7 Å². The molecule has 0 spiro atoms. The molecular weight excluding hydrogens is 393 g/mol. The Hall–Kier alpha value is -2.90. The van der Waals surface area contributed by atoms with E-state index in [0.717, 1.165) is 36.6 Å². The monoisotopic (exact) mass is 416 g/mol. The van der Waals surface area contributed by atoms with E-state index >= 15 is 0 Å². The van der Waals surface area contributed by atoms with Crippen LogP contribution in [0.1, 0.15) is 42.7 Å². The lowest BCUT2D eigenvalue weighted by molar-refractivity contribution is -0.138. The third-order valence-corrected chi connectivity index (χ3v) is 5.64. The maximum Gasteiger partial charge on any atom is 0.416 e. The molecule has 0 saturated carbocycles. The smallest absolute Gasteiger partial charge is 0.332 e. The SMILES string of the molecule is C=CCc1ccc(-c2noc(-c3nn(C)c4c3CCC(C)(C)C4)n2)cc1C(F)(F)F. The van der Waals surface area contributed by atoms with Crippen LogP contribution in [0, 0.1) is 5.41 Å². The second kappa shape index (κ2) is 7.11. The second-order valence-electron chi connectivity index (χ2n) is 8.52. The van der Waals surface area contributed by atoms with Gasteiger partial charge in [-0.1, -0.05) is 37.2 Å². The second-order valence-corrected chi connectivity index (χ2v) is 8.52. The van der Waals surface area contributed by atoms with Gasteiger partial charge >= 0.3 is 6.18 Å². The zero-order valence-electron chi connectivity index (χ0n) is 17.2. The van der Waals surface area contributed by atoms with Crippen molar-refractivity contribution in [2.75, 3.05) is 0 Å². The van der Waals surface area contributed by atoms with E-state index in [2.05, 4.69) is 35.7 Å². The van der Waals surface area contributed by atoms with Crippen molar-refractivity contribution in [2.24, 2.45) is 12.5 Å². The summed E-state index contributed by atoms with van der Waals surface area (Å²) < 4.78 is 47.7. The van der Waals surface area contributed by atoms with Crippen LogP contribution in [0.5, 0.6) is 0 Å². The molecule has 2 aromatic heterocycles. The van der Waals surface area contributed by atoms with Crippen molar-refractivity contribution >= 4 is 0 Å². The summed E-state index contributed by atoms with van der Waals surface area (Å²) in [7, 11) is 1.88. The average Bonchev–Trinajstić information content (AvgIpc) is 3.26. The lowest BCUT2D eigenvalue weighted by atomic mass is 9.76. The lowest BCUT2D eigenvalue weighted by Gasteiger charge is -2.29. The van der Waals surface area contributed by atoms with Gasteiger partial charge in [0.05, 0.1) is 5.56 Å². The molecule has 3 aromatic rings. The summed E-state index contributed by atoms with van der Waals surface area (Å²) in [5.41, 5.74) is 2.70. The highest BCUT2D eigenvalue weighted by molar-refractivity contribution is 5.62. The fourth-order valence-corrected chi connectivity index (χ4v) is 4.01. The molecule has 5 nitrogen and oxygen atoms in total. The Kier molecular flexibility index (Phi) is 4.83. The minimum Gasteiger partial charge on any atom is -0.332 e. The Bertz CT molecular complexity index is 1110. The van der Waals surface area contributed by atoms with Crippen molar-refractivity contribution in [1.82, 2.24) is 19.9 Å². The fraction of sp³-hybridized carbons (Fsp3) is 0.409. The third kappa shape index (κ3) is 3.66. The molecule has 4 rings (SSSR count). The largest absolute Gasteiger partial charge is 0.416 e. The number of halogens is 3. The van der Waals surface area contributed by atoms with E-state index in [1.807, 2.05) is 11.7 Å². The zero-order valence-corrected chi connectivity index (χ0v) is 17.2. The minimum absolute atomic E-state index is 0.108. The topological polar surface area (TPSA) is 56.7 Å². The van der Waals surface area contributed by atoms with Gasteiger partial charge in [0.2, 0.25) is 5.82 Å². The van der Waals surface area contributed by atoms with Crippen LogP contribution in [0.25, 0.3) is 23.0 Å². The summed E-state index contributed by atoms with van der Waals surface area (Å²) in [6, 6.07) is 4.06. The minimum atomic E-state index is -4.48. The number of rotatable bonds is 4. The first-order valence-corrected chi connectivity index (χ1v) is 9.79. The van der Waals surface area contributed by atoms with Crippen molar-refractivity contribution in [2.45, 2.75) is 45.7 Å². The van der Waals surface area contributed by atoms with Gasteiger partial charge in [-0.15, -0.1) is 6.58 Å². The number of nitrogens with zero attached hydrogens (tertiary/aromatic N) is 4. The molecule has 8 heteroatoms. The van der Waals surface area contributed by atoms with Gasteiger partial charge in [0.15, 0.2) is 5.69 Å². The molecule has 1 aliphatic rings. The molecular formula is C22H23F3N4O. The Balaban J connectivity index is 1.72. The molecule has 1 aliphatic carbocycles. The van der Waals surface area contributed by atoms with Gasteiger partial charge in [0.25, 0.3) is 5.89 Å². The molecule has 0 N–H and O–H groups in total. The first-order chi connectivity index (χ1) is 14.1. The van der Waals surface area contributed by atoms with Gasteiger partial charge in [0.1, 0.15) is 0 Å². The molecule has 30 heavy (non-hydrogen) atoms. The highest BCUT2D eigenvalue weighted by Gasteiger charge is 2.34. The van der Waals surface area contributed by atoms with Crippen LogP contribution in [0.4, 0.5) is 13.2 Å². The van der Waals surface area contributed by atoms with Crippen molar-refractivity contribution in [3.63, 3.8) is 0 Å². The highest BCUT2D eigenvalue weighted by Crippen LogP contribution is 2.39. The van der Waals surface area contributed by atoms with Crippen LogP contribution in [0.3, 0.4) is 0 Å². The molecule has 0 unspecified atom stereocenters. The van der Waals surface area contributed by atoms with Crippen LogP contribution in [0.15, 0.2) is 35.4 Å². The standard InChI is InChI=1S/C22H23F3N4O/c1-5-6-13-7-8-14(11-16(13)22(23,24)25)19-26-20(30-28-19)18-15-9-10-21(2,3)12-17(15)29(4)27-18/h5,7-8,11H,1,6,9-10,12H2,2-4H3. The molecule has 0 amide bonds. The van der Waals surface area contributed by atoms with Gasteiger partial charge in [0, 0.05) is 23.9 Å². The average molecular weight is 416 g/mol. The van der Waals surface area contributed by atoms with Crippen molar-refractivity contribution in [3.05, 3.63) is 53.2 Å². The van der Waals surface area contributed by atoms with Crippen molar-refractivity contribution < 1.29 is 17.7 Å². The molecule has 0 atom stereocenters. The number of benzene rings is 1. The zero-order chi connectivity index (χ0) is 21.7. The predicted octanol–water partition coefficient (Wildman–Crippen LogP) is 5.40. The van der Waals surface area contributed by atoms with E-state index in [-0.39, 0.29) is 34.7 Å². The molecule has 0 saturated heterocycles. The predicted molar refractivity (Wildman–Crippen MR) is 107 cm³/mol.